The maximum Gasteiger partial charge on any atom is 0 e. The van der Waals surface area contributed by atoms with Gasteiger partial charge in [-0.1, -0.05) is 148 Å². The summed E-state index contributed by atoms with van der Waals surface area (Å²) < 4.78 is 0. The quantitative estimate of drug-likeness (QED) is 0.202. The topological polar surface area (TPSA) is 0 Å². The molecule has 0 aliphatic rings. The van der Waals surface area contributed by atoms with Crippen molar-refractivity contribution in [3.8, 4) is 0 Å². The van der Waals surface area contributed by atoms with E-state index in [4.69, 9.17) is 0 Å². The second kappa shape index (κ2) is 21.1. The van der Waals surface area contributed by atoms with Crippen LogP contribution in [0.25, 0.3) is 0 Å². The monoisotopic (exact) mass is 538 g/mol. The van der Waals surface area contributed by atoms with E-state index in [1.807, 2.05) is 0 Å². The molecule has 0 heterocycles. The summed E-state index contributed by atoms with van der Waals surface area (Å²) >= 11 is 0. The molecule has 196 valence electrons. The fourth-order valence-electron chi connectivity index (χ4n) is 5.37. The Morgan fingerprint density at radius 1 is 0.226 bits per heavy atom. The minimum Gasteiger partial charge on any atom is -0.0988 e. The van der Waals surface area contributed by atoms with Gasteiger partial charge in [0.05, 0.1) is 0 Å². The predicted octanol–water partition coefficient (Wildman–Crippen LogP) is 11.1. The van der Waals surface area contributed by atoms with Gasteiger partial charge in [-0.15, -0.1) is 0 Å². The van der Waals surface area contributed by atoms with Crippen molar-refractivity contribution in [1.29, 1.82) is 0 Å². The first-order valence-corrected chi connectivity index (χ1v) is 17.4. The number of rotatable bonds is 9. The summed E-state index contributed by atoms with van der Waals surface area (Å²) in [5.74, 6) is 0. The van der Waals surface area contributed by atoms with Gasteiger partial charge in [0.15, 0.2) is 0 Å². The molecule has 0 radical (unpaired) electrons. The van der Waals surface area contributed by atoms with Gasteiger partial charge in [0.2, 0.25) is 0 Å². The van der Waals surface area contributed by atoms with Crippen molar-refractivity contribution in [3.05, 3.63) is 0 Å². The van der Waals surface area contributed by atoms with Gasteiger partial charge in [0.25, 0.3) is 0 Å². The van der Waals surface area contributed by atoms with Crippen LogP contribution in [0.1, 0.15) is 125 Å². The third kappa shape index (κ3) is 19.7. The van der Waals surface area contributed by atoms with Crippen LogP contribution >= 0.6 is 23.8 Å². The molecule has 0 nitrogen and oxygen atoms in total. The molecule has 0 rings (SSSR count). The van der Waals surface area contributed by atoms with Gasteiger partial charge in [-0.05, 0) is 50.9 Å². The molecule has 0 unspecified atom stereocenters. The fraction of sp³-hybridized carbons (Fsp3) is 1.00. The minimum atomic E-state index is 0. The van der Waals surface area contributed by atoms with Crippen LogP contribution in [-0.4, -0.2) is 50.9 Å². The van der Waals surface area contributed by atoms with Crippen molar-refractivity contribution in [2.24, 2.45) is 0 Å². The van der Waals surface area contributed by atoms with Crippen molar-refractivity contribution < 1.29 is 16.5 Å². The molecule has 0 saturated heterocycles. The second-order valence-electron chi connectivity index (χ2n) is 11.2. The molecule has 0 bridgehead atoms. The first-order chi connectivity index (χ1) is 13.4. The zero-order valence-corrected chi connectivity index (χ0v) is 28.5. The van der Waals surface area contributed by atoms with Crippen molar-refractivity contribution in [3.63, 3.8) is 0 Å². The van der Waals surface area contributed by atoms with Crippen LogP contribution < -0.4 is 0 Å². The summed E-state index contributed by atoms with van der Waals surface area (Å²) in [5.41, 5.74) is 8.08. The Bertz CT molecular complexity index is 261. The van der Waals surface area contributed by atoms with Gasteiger partial charge in [0.1, 0.15) is 0 Å². The van der Waals surface area contributed by atoms with Gasteiger partial charge < -0.3 is 0 Å². The Labute approximate surface area is 215 Å². The van der Waals surface area contributed by atoms with Crippen LogP contribution in [0.5, 0.6) is 0 Å². The molecule has 0 amide bonds. The molecule has 0 spiro atoms. The summed E-state index contributed by atoms with van der Waals surface area (Å²) in [6.07, 6.45) is 0. The van der Waals surface area contributed by atoms with Crippen LogP contribution in [0, 0.1) is 0 Å². The minimum absolute atomic E-state index is 0. The van der Waals surface area contributed by atoms with Gasteiger partial charge in [-0.3, -0.25) is 0 Å². The van der Waals surface area contributed by atoms with E-state index in [0.717, 1.165) is 50.9 Å². The smallest absolute Gasteiger partial charge is 0 e. The van der Waals surface area contributed by atoms with Crippen molar-refractivity contribution in [2.75, 3.05) is 0 Å². The summed E-state index contributed by atoms with van der Waals surface area (Å²) in [5, 5.41) is 0. The first-order valence-electron chi connectivity index (χ1n) is 12.7. The molecule has 0 aliphatic carbocycles. The van der Waals surface area contributed by atoms with Crippen molar-refractivity contribution in [2.45, 2.75) is 176 Å². The van der Waals surface area contributed by atoms with E-state index < -0.39 is 0 Å². The molecule has 0 saturated carbocycles. The van der Waals surface area contributed by atoms with E-state index in [1.165, 1.54) is 0 Å². The third-order valence-electron chi connectivity index (χ3n) is 5.37. The Kier molecular flexibility index (Phi) is 27.2. The van der Waals surface area contributed by atoms with Crippen LogP contribution in [0.3, 0.4) is 0 Å². The Hall–Kier alpha value is 1.78. The largest absolute Gasteiger partial charge is 0.0988 e. The Morgan fingerprint density at radius 3 is 0.290 bits per heavy atom. The van der Waals surface area contributed by atoms with Crippen LogP contribution in [0.4, 0.5) is 0 Å². The van der Waals surface area contributed by atoms with E-state index in [9.17, 15) is 0 Å². The average Bonchev–Trinajstić information content (AvgIpc) is 2.43. The van der Waals surface area contributed by atoms with Gasteiger partial charge in [-0.2, -0.15) is 0 Å². The van der Waals surface area contributed by atoms with E-state index in [2.05, 4.69) is 125 Å². The Balaban J connectivity index is -0.000000174. The van der Waals surface area contributed by atoms with Gasteiger partial charge in [-0.25, -0.2) is 0 Å². The molecule has 0 aromatic carbocycles. The molecule has 0 N–H and O–H groups in total. The molecule has 4 heteroatoms. The normalized spacial score (nSPS) is 12.2. The zero-order valence-electron chi connectivity index (χ0n) is 24.9. The summed E-state index contributed by atoms with van der Waals surface area (Å²) in [4.78, 5) is 0. The number of hydrogen-bond donors (Lipinski definition) is 0. The zero-order chi connectivity index (χ0) is 24.9. The molecular weight excluding hydrogens is 476 g/mol. The van der Waals surface area contributed by atoms with E-state index >= 15 is 0 Å². The maximum absolute atomic E-state index is 2.35. The second-order valence-corrected chi connectivity index (χ2v) is 23.2. The number of hydrogen-bond acceptors (Lipinski definition) is 0. The fourth-order valence-corrected chi connectivity index (χ4v) is 16.1. The van der Waals surface area contributed by atoms with E-state index in [-0.39, 0.29) is 40.3 Å². The summed E-state index contributed by atoms with van der Waals surface area (Å²) in [6, 6.07) is 0. The molecule has 0 aliphatic heterocycles. The average molecular weight is 539 g/mol. The van der Waals surface area contributed by atoms with Crippen molar-refractivity contribution >= 4 is 23.8 Å². The van der Waals surface area contributed by atoms with Crippen LogP contribution in [-0.2, 0) is 16.5 Å². The molecule has 0 aromatic heterocycles. The molecule has 31 heavy (non-hydrogen) atoms. The molecule has 0 fully saturated rings. The van der Waals surface area contributed by atoms with E-state index in [1.54, 1.807) is 0 Å². The van der Waals surface area contributed by atoms with Crippen LogP contribution in [0.15, 0.2) is 0 Å². The van der Waals surface area contributed by atoms with E-state index in [0.29, 0.717) is 0 Å². The van der Waals surface area contributed by atoms with Crippen LogP contribution in [0.2, 0.25) is 0 Å². The SMILES string of the molecule is CC(C)P(C(C)C)C(C)C.CC(C)P(C(C)C)C(C)C.CC(C)P(C(C)C)C(C)C.[Ni]. The standard InChI is InChI=1S/3C9H21P.Ni/c3*1-7(2)10(8(3)4)9(5)6;/h3*7-9H,1-6H3;. The third-order valence-corrected chi connectivity index (χ3v) is 16.1. The summed E-state index contributed by atoms with van der Waals surface area (Å²) in [7, 11) is 0.787. The first kappa shape index (κ1) is 40.0. The van der Waals surface area contributed by atoms with Crippen molar-refractivity contribution in [1.82, 2.24) is 0 Å². The molecular formula is C27H63NiP3. The Morgan fingerprint density at radius 2 is 0.290 bits per heavy atom. The molecule has 0 atom stereocenters. The predicted molar refractivity (Wildman–Crippen MR) is 157 cm³/mol. The van der Waals surface area contributed by atoms with Gasteiger partial charge in [0, 0.05) is 16.5 Å². The molecule has 0 aromatic rings. The summed E-state index contributed by atoms with van der Waals surface area (Å²) in [6.45, 7) is 42.4. The van der Waals surface area contributed by atoms with Gasteiger partial charge >= 0.3 is 0 Å². The maximum atomic E-state index is 2.35.